The summed E-state index contributed by atoms with van der Waals surface area (Å²) in [6.07, 6.45) is 4.52. The number of carbonyl (C=O) groups excluding carboxylic acids is 1. The van der Waals surface area contributed by atoms with Crippen molar-refractivity contribution in [2.75, 3.05) is 5.32 Å². The van der Waals surface area contributed by atoms with Crippen LogP contribution in [0.4, 0.5) is 10.1 Å². The van der Waals surface area contributed by atoms with E-state index in [-0.39, 0.29) is 11.7 Å². The number of nitrogens with one attached hydrogen (secondary N) is 1. The molecule has 0 unspecified atom stereocenters. The van der Waals surface area contributed by atoms with Crippen LogP contribution in [0, 0.1) is 12.7 Å². The average Bonchev–Trinajstić information content (AvgIpc) is 3.36. The zero-order valence-corrected chi connectivity index (χ0v) is 16.3. The Morgan fingerprint density at radius 1 is 1.03 bits per heavy atom. The third kappa shape index (κ3) is 3.57. The van der Waals surface area contributed by atoms with Crippen LogP contribution in [0.3, 0.4) is 0 Å². The summed E-state index contributed by atoms with van der Waals surface area (Å²) in [4.78, 5) is 13.3. The molecule has 146 valence electrons. The van der Waals surface area contributed by atoms with E-state index >= 15 is 0 Å². The van der Waals surface area contributed by atoms with E-state index in [2.05, 4.69) is 10.4 Å². The summed E-state index contributed by atoms with van der Waals surface area (Å²) < 4.78 is 16.9. The number of aryl methyl sites for hydroxylation is 2. The van der Waals surface area contributed by atoms with Gasteiger partial charge >= 0.3 is 0 Å². The highest BCUT2D eigenvalue weighted by Gasteiger charge is 2.24. The summed E-state index contributed by atoms with van der Waals surface area (Å²) in [5.74, 6) is 0.0420. The number of hydrogen-bond donors (Lipinski definition) is 1. The van der Waals surface area contributed by atoms with E-state index in [4.69, 9.17) is 0 Å². The van der Waals surface area contributed by atoms with E-state index < -0.39 is 0 Å². The first-order valence-corrected chi connectivity index (χ1v) is 9.46. The topological polar surface area (TPSA) is 51.9 Å². The molecule has 0 radical (unpaired) electrons. The van der Waals surface area contributed by atoms with Gasteiger partial charge in [-0.05, 0) is 61.4 Å². The summed E-state index contributed by atoms with van der Waals surface area (Å²) in [6.45, 7) is 3.85. The molecular formula is C23H21FN4O. The lowest BCUT2D eigenvalue weighted by molar-refractivity contribution is 0.102. The summed E-state index contributed by atoms with van der Waals surface area (Å²) in [5, 5.41) is 7.61. The quantitative estimate of drug-likeness (QED) is 0.527. The van der Waals surface area contributed by atoms with Crippen LogP contribution in [0.15, 0.2) is 73.1 Å². The molecule has 0 aliphatic heterocycles. The third-order valence-corrected chi connectivity index (χ3v) is 4.83. The zero-order valence-electron chi connectivity index (χ0n) is 16.3. The van der Waals surface area contributed by atoms with Crippen molar-refractivity contribution in [1.82, 2.24) is 14.3 Å². The van der Waals surface area contributed by atoms with Gasteiger partial charge in [0.05, 0.1) is 11.4 Å². The van der Waals surface area contributed by atoms with Gasteiger partial charge in [0.2, 0.25) is 0 Å². The van der Waals surface area contributed by atoms with Crippen LogP contribution in [0.25, 0.3) is 11.5 Å². The number of amides is 1. The maximum absolute atomic E-state index is 13.4. The highest BCUT2D eigenvalue weighted by atomic mass is 19.1. The molecule has 0 atom stereocenters. The average molecular weight is 388 g/mol. The van der Waals surface area contributed by atoms with Gasteiger partial charge in [-0.3, -0.25) is 4.79 Å². The largest absolute Gasteiger partial charge is 0.322 e. The van der Waals surface area contributed by atoms with Crippen LogP contribution >= 0.6 is 0 Å². The summed E-state index contributed by atoms with van der Waals surface area (Å²) >= 11 is 0. The molecule has 5 nitrogen and oxygen atoms in total. The van der Waals surface area contributed by atoms with Crippen LogP contribution in [-0.2, 0) is 6.42 Å². The van der Waals surface area contributed by atoms with Crippen LogP contribution in [0.2, 0.25) is 0 Å². The highest BCUT2D eigenvalue weighted by molar-refractivity contribution is 6.07. The van der Waals surface area contributed by atoms with Gasteiger partial charge in [0.1, 0.15) is 11.4 Å². The van der Waals surface area contributed by atoms with E-state index in [1.807, 2.05) is 60.3 Å². The van der Waals surface area contributed by atoms with Crippen molar-refractivity contribution in [3.63, 3.8) is 0 Å². The first-order valence-electron chi connectivity index (χ1n) is 9.46. The van der Waals surface area contributed by atoms with Gasteiger partial charge in [-0.2, -0.15) is 5.10 Å². The fraction of sp³-hybridized carbons (Fsp3) is 0.130. The Kier molecular flexibility index (Phi) is 4.99. The molecule has 0 aliphatic carbocycles. The van der Waals surface area contributed by atoms with Crippen molar-refractivity contribution in [1.29, 1.82) is 0 Å². The molecule has 4 aromatic rings. The van der Waals surface area contributed by atoms with Crippen molar-refractivity contribution in [3.8, 4) is 11.5 Å². The van der Waals surface area contributed by atoms with Crippen LogP contribution in [0.5, 0.6) is 0 Å². The van der Waals surface area contributed by atoms with Crippen molar-refractivity contribution < 1.29 is 9.18 Å². The minimum Gasteiger partial charge on any atom is -0.322 e. The van der Waals surface area contributed by atoms with Crippen LogP contribution in [-0.4, -0.2) is 20.3 Å². The Morgan fingerprint density at radius 2 is 1.72 bits per heavy atom. The number of aromatic nitrogens is 3. The standard InChI is InChI=1S/C23H21FN4O/c1-3-17-8-4-5-9-20(17)25-22(29)21-16(2)26-28(19-12-10-18(24)11-13-19)23(21)27-14-6-7-15-27/h4-15H,3H2,1-2H3,(H,25,29). The van der Waals surface area contributed by atoms with E-state index in [0.717, 1.165) is 17.7 Å². The highest BCUT2D eigenvalue weighted by Crippen LogP contribution is 2.25. The number of hydrogen-bond acceptors (Lipinski definition) is 2. The minimum atomic E-state index is -0.325. The number of anilines is 1. The molecule has 6 heteroatoms. The van der Waals surface area contributed by atoms with E-state index in [1.54, 1.807) is 23.7 Å². The molecule has 2 aromatic carbocycles. The summed E-state index contributed by atoms with van der Waals surface area (Å²) in [7, 11) is 0. The summed E-state index contributed by atoms with van der Waals surface area (Å²) in [6, 6.07) is 17.5. The number of rotatable bonds is 5. The van der Waals surface area contributed by atoms with Gasteiger partial charge in [-0.25, -0.2) is 9.07 Å². The smallest absolute Gasteiger partial charge is 0.261 e. The minimum absolute atomic E-state index is 0.236. The molecule has 0 saturated carbocycles. The molecule has 0 saturated heterocycles. The monoisotopic (exact) mass is 388 g/mol. The molecule has 2 heterocycles. The molecule has 0 fully saturated rings. The SMILES string of the molecule is CCc1ccccc1NC(=O)c1c(C)nn(-c2ccc(F)cc2)c1-n1cccc1. The second kappa shape index (κ2) is 7.75. The molecule has 29 heavy (non-hydrogen) atoms. The number of carbonyl (C=O) groups is 1. The Morgan fingerprint density at radius 3 is 2.41 bits per heavy atom. The van der Waals surface area contributed by atoms with Gasteiger partial charge < -0.3 is 9.88 Å². The van der Waals surface area contributed by atoms with Crippen molar-refractivity contribution in [2.45, 2.75) is 20.3 Å². The van der Waals surface area contributed by atoms with Gasteiger partial charge in [-0.15, -0.1) is 0 Å². The van der Waals surface area contributed by atoms with E-state index in [0.29, 0.717) is 22.8 Å². The number of benzene rings is 2. The van der Waals surface area contributed by atoms with Gasteiger partial charge in [-0.1, -0.05) is 25.1 Å². The fourth-order valence-corrected chi connectivity index (χ4v) is 3.39. The first-order chi connectivity index (χ1) is 14.1. The normalized spacial score (nSPS) is 10.9. The lowest BCUT2D eigenvalue weighted by Gasteiger charge is -2.13. The molecule has 0 spiro atoms. The van der Waals surface area contributed by atoms with E-state index in [9.17, 15) is 9.18 Å². The van der Waals surface area contributed by atoms with Crippen molar-refractivity contribution >= 4 is 11.6 Å². The Labute approximate surface area is 168 Å². The number of nitrogens with zero attached hydrogens (tertiary/aromatic N) is 3. The second-order valence-electron chi connectivity index (χ2n) is 6.73. The fourth-order valence-electron chi connectivity index (χ4n) is 3.39. The molecule has 0 bridgehead atoms. The van der Waals surface area contributed by atoms with Crippen LogP contribution in [0.1, 0.15) is 28.5 Å². The van der Waals surface area contributed by atoms with Gasteiger partial charge in [0.25, 0.3) is 5.91 Å². The Hall–Kier alpha value is -3.67. The Balaban J connectivity index is 1.83. The third-order valence-electron chi connectivity index (χ3n) is 4.83. The lowest BCUT2D eigenvalue weighted by Crippen LogP contribution is -2.17. The first kappa shape index (κ1) is 18.7. The number of halogens is 1. The van der Waals surface area contributed by atoms with Gasteiger partial charge in [0, 0.05) is 18.1 Å². The Bertz CT molecular complexity index is 1140. The lowest BCUT2D eigenvalue weighted by atomic mass is 10.1. The predicted octanol–water partition coefficient (Wildman–Crippen LogP) is 4.93. The zero-order chi connectivity index (χ0) is 20.4. The predicted molar refractivity (Wildman–Crippen MR) is 111 cm³/mol. The number of para-hydroxylation sites is 1. The van der Waals surface area contributed by atoms with Crippen molar-refractivity contribution in [2.24, 2.45) is 0 Å². The molecule has 1 amide bonds. The molecule has 0 aliphatic rings. The second-order valence-corrected chi connectivity index (χ2v) is 6.73. The molecular weight excluding hydrogens is 367 g/mol. The molecule has 1 N–H and O–H groups in total. The maximum Gasteiger partial charge on any atom is 0.261 e. The van der Waals surface area contributed by atoms with Crippen LogP contribution < -0.4 is 5.32 Å². The van der Waals surface area contributed by atoms with Gasteiger partial charge in [0.15, 0.2) is 5.82 Å². The van der Waals surface area contributed by atoms with Crippen molar-refractivity contribution in [3.05, 3.63) is 95.7 Å². The molecule has 4 rings (SSSR count). The molecule has 2 aromatic heterocycles. The maximum atomic E-state index is 13.4. The summed E-state index contributed by atoms with van der Waals surface area (Å²) in [5.41, 5.74) is 3.58. The van der Waals surface area contributed by atoms with E-state index in [1.165, 1.54) is 12.1 Å².